The molecule has 3 nitrogen and oxygen atoms in total. The van der Waals surface area contributed by atoms with Gasteiger partial charge in [0.15, 0.2) is 16.7 Å². The second-order valence-corrected chi connectivity index (χ2v) is 7.32. The molecule has 0 aliphatic rings. The zero-order chi connectivity index (χ0) is 18.5. The molecule has 0 saturated carbocycles. The molecule has 0 aliphatic heterocycles. The zero-order valence-electron chi connectivity index (χ0n) is 15.1. The summed E-state index contributed by atoms with van der Waals surface area (Å²) in [7, 11) is 0. The Morgan fingerprint density at radius 3 is 2.46 bits per heavy atom. The van der Waals surface area contributed by atoms with Crippen molar-refractivity contribution in [2.75, 3.05) is 0 Å². The molecule has 134 valence electrons. The maximum absolute atomic E-state index is 13.9. The van der Waals surface area contributed by atoms with Gasteiger partial charge in [0, 0.05) is 11.8 Å². The normalized spacial score (nSPS) is 11.0. The molecule has 0 spiro atoms. The van der Waals surface area contributed by atoms with Crippen LogP contribution in [0.25, 0.3) is 0 Å². The highest BCUT2D eigenvalue weighted by Crippen LogP contribution is 2.28. The minimum Gasteiger partial charge on any atom is -0.436 e. The van der Waals surface area contributed by atoms with E-state index in [1.165, 1.54) is 17.2 Å². The number of benzene rings is 2. The lowest BCUT2D eigenvalue weighted by atomic mass is 10.1. The van der Waals surface area contributed by atoms with E-state index >= 15 is 0 Å². The summed E-state index contributed by atoms with van der Waals surface area (Å²) in [4.78, 5) is 9.06. The number of halogens is 1. The first-order valence-electron chi connectivity index (χ1n) is 8.51. The van der Waals surface area contributed by atoms with Crippen molar-refractivity contribution < 1.29 is 9.13 Å². The van der Waals surface area contributed by atoms with Gasteiger partial charge in [-0.05, 0) is 30.5 Å². The van der Waals surface area contributed by atoms with E-state index in [0.717, 1.165) is 11.4 Å². The highest BCUT2D eigenvalue weighted by Gasteiger charge is 2.12. The predicted molar refractivity (Wildman–Crippen MR) is 103 cm³/mol. The fraction of sp³-hybridized carbons (Fsp3) is 0.238. The van der Waals surface area contributed by atoms with Crippen molar-refractivity contribution in [3.63, 3.8) is 0 Å². The summed E-state index contributed by atoms with van der Waals surface area (Å²) >= 11 is 1.54. The van der Waals surface area contributed by atoms with Gasteiger partial charge in [0.05, 0.1) is 5.69 Å². The molecule has 0 aliphatic carbocycles. The van der Waals surface area contributed by atoms with E-state index in [0.29, 0.717) is 11.0 Å². The third kappa shape index (κ3) is 4.82. The van der Waals surface area contributed by atoms with Gasteiger partial charge in [-0.3, -0.25) is 0 Å². The molecule has 0 radical (unpaired) electrons. The van der Waals surface area contributed by atoms with Gasteiger partial charge in [0.25, 0.3) is 0 Å². The number of hydrogen-bond donors (Lipinski definition) is 0. The Labute approximate surface area is 157 Å². The molecule has 0 unspecified atom stereocenters. The van der Waals surface area contributed by atoms with Crippen LogP contribution < -0.4 is 4.74 Å². The molecule has 0 N–H and O–H groups in total. The molecular weight excluding hydrogens is 347 g/mol. The van der Waals surface area contributed by atoms with Crippen molar-refractivity contribution in [1.82, 2.24) is 9.97 Å². The average Bonchev–Trinajstić information content (AvgIpc) is 2.63. The number of nitrogens with zero attached hydrogens (tertiary/aromatic N) is 2. The molecule has 0 amide bonds. The summed E-state index contributed by atoms with van der Waals surface area (Å²) in [6.07, 6.45) is 0. The Balaban J connectivity index is 1.81. The van der Waals surface area contributed by atoms with Crippen molar-refractivity contribution in [3.8, 4) is 11.6 Å². The minimum atomic E-state index is -0.411. The number of aromatic nitrogens is 2. The summed E-state index contributed by atoms with van der Waals surface area (Å²) in [6.45, 7) is 6.19. The summed E-state index contributed by atoms with van der Waals surface area (Å²) in [6, 6.07) is 16.5. The van der Waals surface area contributed by atoms with Gasteiger partial charge >= 0.3 is 0 Å². The number of rotatable bonds is 6. The molecule has 0 atom stereocenters. The maximum Gasteiger partial charge on any atom is 0.223 e. The van der Waals surface area contributed by atoms with Crippen LogP contribution in [0.3, 0.4) is 0 Å². The predicted octanol–water partition coefficient (Wildman–Crippen LogP) is 6.13. The van der Waals surface area contributed by atoms with Crippen LogP contribution in [0, 0.1) is 12.7 Å². The van der Waals surface area contributed by atoms with Crippen molar-refractivity contribution >= 4 is 11.8 Å². The first kappa shape index (κ1) is 18.4. The van der Waals surface area contributed by atoms with E-state index in [1.807, 2.05) is 0 Å². The molecule has 0 fully saturated rings. The van der Waals surface area contributed by atoms with Crippen LogP contribution in [-0.4, -0.2) is 9.97 Å². The lowest BCUT2D eigenvalue weighted by Gasteiger charge is -2.11. The Morgan fingerprint density at radius 2 is 1.77 bits per heavy atom. The molecule has 1 heterocycles. The fourth-order valence-corrected chi connectivity index (χ4v) is 3.12. The molecule has 1 aromatic heterocycles. The smallest absolute Gasteiger partial charge is 0.223 e. The van der Waals surface area contributed by atoms with Crippen LogP contribution >= 0.6 is 11.8 Å². The van der Waals surface area contributed by atoms with Crippen LogP contribution in [-0.2, 0) is 5.75 Å². The van der Waals surface area contributed by atoms with Crippen LogP contribution in [0.2, 0.25) is 0 Å². The van der Waals surface area contributed by atoms with E-state index < -0.39 is 5.82 Å². The Morgan fingerprint density at radius 1 is 1.04 bits per heavy atom. The first-order valence-corrected chi connectivity index (χ1v) is 9.49. The van der Waals surface area contributed by atoms with Crippen molar-refractivity contribution in [3.05, 3.63) is 77.2 Å². The molecule has 5 heteroatoms. The van der Waals surface area contributed by atoms with Gasteiger partial charge in [-0.2, -0.15) is 4.98 Å². The van der Waals surface area contributed by atoms with Gasteiger partial charge in [-0.1, -0.05) is 67.6 Å². The molecule has 26 heavy (non-hydrogen) atoms. The molecule has 0 bridgehead atoms. The third-order valence-electron chi connectivity index (χ3n) is 3.83. The van der Waals surface area contributed by atoms with E-state index in [4.69, 9.17) is 4.74 Å². The standard InChI is InChI=1S/C21H21FN2OS/c1-14(2)18-12-20(25-19-7-5-4-6-17(19)22)24-21(23-18)26-13-16-10-8-15(3)9-11-16/h4-12,14H,13H2,1-3H3. The quantitative estimate of drug-likeness (QED) is 0.387. The van der Waals surface area contributed by atoms with Gasteiger partial charge in [-0.25, -0.2) is 9.37 Å². The number of aryl methyl sites for hydroxylation is 1. The SMILES string of the molecule is Cc1ccc(CSc2nc(Oc3ccccc3F)cc(C(C)C)n2)cc1. The van der Waals surface area contributed by atoms with Crippen LogP contribution in [0.4, 0.5) is 4.39 Å². The number of para-hydroxylation sites is 1. The van der Waals surface area contributed by atoms with Crippen LogP contribution in [0.1, 0.15) is 36.6 Å². The minimum absolute atomic E-state index is 0.162. The third-order valence-corrected chi connectivity index (χ3v) is 4.75. The summed E-state index contributed by atoms with van der Waals surface area (Å²) in [5, 5.41) is 0.628. The van der Waals surface area contributed by atoms with E-state index in [2.05, 4.69) is 55.0 Å². The van der Waals surface area contributed by atoms with Crippen LogP contribution in [0.15, 0.2) is 59.8 Å². The summed E-state index contributed by atoms with van der Waals surface area (Å²) < 4.78 is 19.5. The second kappa shape index (κ2) is 8.32. The van der Waals surface area contributed by atoms with Crippen molar-refractivity contribution in [2.24, 2.45) is 0 Å². The van der Waals surface area contributed by atoms with E-state index in [9.17, 15) is 4.39 Å². The summed E-state index contributed by atoms with van der Waals surface area (Å²) in [5.41, 5.74) is 3.31. The number of ether oxygens (including phenoxy) is 1. The largest absolute Gasteiger partial charge is 0.436 e. The number of thioether (sulfide) groups is 1. The highest BCUT2D eigenvalue weighted by atomic mass is 32.2. The summed E-state index contributed by atoms with van der Waals surface area (Å²) in [5.74, 6) is 1.10. The maximum atomic E-state index is 13.9. The molecule has 3 aromatic rings. The lowest BCUT2D eigenvalue weighted by Crippen LogP contribution is -2.00. The Hall–Kier alpha value is -2.40. The van der Waals surface area contributed by atoms with E-state index in [-0.39, 0.29) is 11.7 Å². The van der Waals surface area contributed by atoms with Gasteiger partial charge in [-0.15, -0.1) is 0 Å². The van der Waals surface area contributed by atoms with E-state index in [1.54, 1.807) is 36.0 Å². The average molecular weight is 368 g/mol. The monoisotopic (exact) mass is 368 g/mol. The zero-order valence-corrected chi connectivity index (χ0v) is 15.9. The van der Waals surface area contributed by atoms with Crippen molar-refractivity contribution in [1.29, 1.82) is 0 Å². The van der Waals surface area contributed by atoms with Crippen molar-refractivity contribution in [2.45, 2.75) is 37.6 Å². The van der Waals surface area contributed by atoms with Gasteiger partial charge in [0.2, 0.25) is 5.88 Å². The topological polar surface area (TPSA) is 35.0 Å². The molecule has 3 rings (SSSR count). The highest BCUT2D eigenvalue weighted by molar-refractivity contribution is 7.98. The Bertz CT molecular complexity index is 881. The molecular formula is C21H21FN2OS. The first-order chi connectivity index (χ1) is 12.5. The molecule has 0 saturated heterocycles. The van der Waals surface area contributed by atoms with Gasteiger partial charge in [0.1, 0.15) is 0 Å². The molecule has 2 aromatic carbocycles. The number of hydrogen-bond acceptors (Lipinski definition) is 4. The second-order valence-electron chi connectivity index (χ2n) is 6.38. The fourth-order valence-electron chi connectivity index (χ4n) is 2.31. The lowest BCUT2D eigenvalue weighted by molar-refractivity contribution is 0.420. The Kier molecular flexibility index (Phi) is 5.89. The van der Waals surface area contributed by atoms with Gasteiger partial charge < -0.3 is 4.74 Å². The van der Waals surface area contributed by atoms with Crippen LogP contribution in [0.5, 0.6) is 11.6 Å².